The number of hydrogen-bond donors (Lipinski definition) is 3. The summed E-state index contributed by atoms with van der Waals surface area (Å²) in [5, 5.41) is 21.1. The van der Waals surface area contributed by atoms with Crippen molar-refractivity contribution in [2.24, 2.45) is 5.92 Å². The third-order valence-electron chi connectivity index (χ3n) is 4.88. The zero-order valence-electron chi connectivity index (χ0n) is 15.8. The van der Waals surface area contributed by atoms with Crippen molar-refractivity contribution in [3.8, 4) is 0 Å². The van der Waals surface area contributed by atoms with E-state index in [0.717, 1.165) is 17.5 Å². The second-order valence-corrected chi connectivity index (χ2v) is 7.25. The first kappa shape index (κ1) is 20.1. The van der Waals surface area contributed by atoms with Gasteiger partial charge in [0.1, 0.15) is 18.5 Å². The van der Waals surface area contributed by atoms with Gasteiger partial charge in [-0.15, -0.1) is 0 Å². The molecule has 2 aromatic rings. The van der Waals surface area contributed by atoms with Crippen LogP contribution < -0.4 is 5.32 Å². The van der Waals surface area contributed by atoms with Crippen molar-refractivity contribution < 1.29 is 29.0 Å². The van der Waals surface area contributed by atoms with Gasteiger partial charge in [-0.2, -0.15) is 0 Å². The molecular formula is C21H25NO6. The van der Waals surface area contributed by atoms with Crippen LogP contribution in [0.25, 0.3) is 0 Å². The van der Waals surface area contributed by atoms with E-state index >= 15 is 0 Å². The SMILES string of the molecule is CC(CO)Cc1ccc(C(OCc2ccc(C(=O)O)o2)C2CCC(=O)N2)cc1. The molecule has 2 heterocycles. The molecule has 0 aliphatic carbocycles. The first-order valence-corrected chi connectivity index (χ1v) is 9.39. The third kappa shape index (κ3) is 4.99. The lowest BCUT2D eigenvalue weighted by Crippen LogP contribution is -2.32. The molecule has 0 spiro atoms. The van der Waals surface area contributed by atoms with Gasteiger partial charge in [-0.25, -0.2) is 4.79 Å². The van der Waals surface area contributed by atoms with E-state index < -0.39 is 5.97 Å². The highest BCUT2D eigenvalue weighted by molar-refractivity contribution is 5.84. The molecule has 7 nitrogen and oxygen atoms in total. The summed E-state index contributed by atoms with van der Waals surface area (Å²) >= 11 is 0. The Bertz CT molecular complexity index is 813. The highest BCUT2D eigenvalue weighted by Crippen LogP contribution is 2.29. The molecular weight excluding hydrogens is 362 g/mol. The molecule has 1 aromatic carbocycles. The molecule has 3 N–H and O–H groups in total. The molecule has 1 aromatic heterocycles. The molecule has 1 fully saturated rings. The molecule has 3 unspecified atom stereocenters. The molecule has 1 saturated heterocycles. The number of rotatable bonds is 9. The summed E-state index contributed by atoms with van der Waals surface area (Å²) in [4.78, 5) is 22.6. The Hall–Kier alpha value is -2.64. The summed E-state index contributed by atoms with van der Waals surface area (Å²) < 4.78 is 11.3. The van der Waals surface area contributed by atoms with Crippen LogP contribution in [0, 0.1) is 5.92 Å². The number of ether oxygens (including phenoxy) is 1. The fourth-order valence-electron chi connectivity index (χ4n) is 3.36. The maximum atomic E-state index is 11.7. The van der Waals surface area contributed by atoms with Gasteiger partial charge in [0.15, 0.2) is 0 Å². The monoisotopic (exact) mass is 387 g/mol. The minimum Gasteiger partial charge on any atom is -0.475 e. The molecule has 3 rings (SSSR count). The van der Waals surface area contributed by atoms with E-state index in [-0.39, 0.29) is 42.9 Å². The standard InChI is InChI=1S/C21H25NO6/c1-13(11-23)10-14-2-4-15(5-3-14)20(17-7-9-19(24)22-17)27-12-16-6-8-18(28-16)21(25)26/h2-6,8,13,17,20,23H,7,9-12H2,1H3,(H,22,24)(H,25,26). The number of benzene rings is 1. The van der Waals surface area contributed by atoms with Gasteiger partial charge in [0.05, 0.1) is 6.04 Å². The van der Waals surface area contributed by atoms with Gasteiger partial charge >= 0.3 is 5.97 Å². The van der Waals surface area contributed by atoms with E-state index in [2.05, 4.69) is 5.32 Å². The molecule has 1 amide bonds. The van der Waals surface area contributed by atoms with Gasteiger partial charge < -0.3 is 24.7 Å². The molecule has 28 heavy (non-hydrogen) atoms. The van der Waals surface area contributed by atoms with E-state index in [9.17, 15) is 14.7 Å². The first-order valence-electron chi connectivity index (χ1n) is 9.39. The Morgan fingerprint density at radius 3 is 2.61 bits per heavy atom. The molecule has 1 aliphatic rings. The van der Waals surface area contributed by atoms with Gasteiger partial charge in [0.2, 0.25) is 11.7 Å². The zero-order valence-corrected chi connectivity index (χ0v) is 15.8. The van der Waals surface area contributed by atoms with E-state index in [0.29, 0.717) is 18.6 Å². The predicted octanol–water partition coefficient (Wildman–Crippen LogP) is 2.69. The summed E-state index contributed by atoms with van der Waals surface area (Å²) in [7, 11) is 0. The molecule has 0 radical (unpaired) electrons. The summed E-state index contributed by atoms with van der Waals surface area (Å²) in [5.41, 5.74) is 2.05. The average Bonchev–Trinajstić information content (AvgIpc) is 3.32. The lowest BCUT2D eigenvalue weighted by atomic mass is 9.96. The summed E-state index contributed by atoms with van der Waals surface area (Å²) in [6, 6.07) is 10.8. The van der Waals surface area contributed by atoms with Crippen LogP contribution >= 0.6 is 0 Å². The number of nitrogens with one attached hydrogen (secondary N) is 1. The highest BCUT2D eigenvalue weighted by atomic mass is 16.5. The Morgan fingerprint density at radius 1 is 1.29 bits per heavy atom. The van der Waals surface area contributed by atoms with Gasteiger partial charge in [-0.1, -0.05) is 31.2 Å². The topological polar surface area (TPSA) is 109 Å². The van der Waals surface area contributed by atoms with E-state index in [1.807, 2.05) is 31.2 Å². The summed E-state index contributed by atoms with van der Waals surface area (Å²) in [6.45, 7) is 2.24. The second kappa shape index (κ2) is 9.03. The van der Waals surface area contributed by atoms with Crippen molar-refractivity contribution in [1.82, 2.24) is 5.32 Å². The normalized spacial score (nSPS) is 18.6. The van der Waals surface area contributed by atoms with E-state index in [1.165, 1.54) is 6.07 Å². The molecule has 1 aliphatic heterocycles. The average molecular weight is 387 g/mol. The largest absolute Gasteiger partial charge is 0.475 e. The van der Waals surface area contributed by atoms with E-state index in [4.69, 9.17) is 14.3 Å². The predicted molar refractivity (Wildman–Crippen MR) is 101 cm³/mol. The number of carboxylic acids is 1. The van der Waals surface area contributed by atoms with Crippen molar-refractivity contribution in [3.63, 3.8) is 0 Å². The van der Waals surface area contributed by atoms with Crippen LogP contribution in [0.5, 0.6) is 0 Å². The molecule has 0 bridgehead atoms. The maximum Gasteiger partial charge on any atom is 0.371 e. The van der Waals surface area contributed by atoms with Gasteiger partial charge in [-0.3, -0.25) is 4.79 Å². The van der Waals surface area contributed by atoms with Gasteiger partial charge in [-0.05, 0) is 42.0 Å². The first-order chi connectivity index (χ1) is 13.5. The number of aromatic carboxylic acids is 1. The molecule has 3 atom stereocenters. The molecule has 150 valence electrons. The van der Waals surface area contributed by atoms with Crippen LogP contribution in [0.2, 0.25) is 0 Å². The minimum atomic E-state index is -1.13. The zero-order chi connectivity index (χ0) is 20.1. The third-order valence-corrected chi connectivity index (χ3v) is 4.88. The van der Waals surface area contributed by atoms with Gasteiger partial charge in [0.25, 0.3) is 0 Å². The summed E-state index contributed by atoms with van der Waals surface area (Å²) in [6.07, 6.45) is 1.55. The maximum absolute atomic E-state index is 11.7. The fraction of sp³-hybridized carbons (Fsp3) is 0.429. The second-order valence-electron chi connectivity index (χ2n) is 7.25. The number of furan rings is 1. The number of carboxylic acid groups (broad SMARTS) is 1. The van der Waals surface area contributed by atoms with Crippen LogP contribution in [0.4, 0.5) is 0 Å². The quantitative estimate of drug-likeness (QED) is 0.610. The number of aliphatic hydroxyl groups excluding tert-OH is 1. The Kier molecular flexibility index (Phi) is 6.49. The smallest absolute Gasteiger partial charge is 0.371 e. The molecule has 7 heteroatoms. The van der Waals surface area contributed by atoms with Crippen LogP contribution in [0.1, 0.15) is 53.3 Å². The van der Waals surface area contributed by atoms with Crippen molar-refractivity contribution in [3.05, 3.63) is 59.0 Å². The van der Waals surface area contributed by atoms with Crippen molar-refractivity contribution >= 4 is 11.9 Å². The van der Waals surface area contributed by atoms with Crippen LogP contribution in [0.3, 0.4) is 0 Å². The van der Waals surface area contributed by atoms with Gasteiger partial charge in [0, 0.05) is 13.0 Å². The Balaban J connectivity index is 1.73. The lowest BCUT2D eigenvalue weighted by Gasteiger charge is -2.24. The number of carbonyl (C=O) groups excluding carboxylic acids is 1. The Morgan fingerprint density at radius 2 is 2.04 bits per heavy atom. The Labute approximate surface area is 163 Å². The molecule has 0 saturated carbocycles. The van der Waals surface area contributed by atoms with Crippen molar-refractivity contribution in [1.29, 1.82) is 0 Å². The number of carbonyl (C=O) groups is 2. The summed E-state index contributed by atoms with van der Waals surface area (Å²) in [5.74, 6) is -0.655. The highest BCUT2D eigenvalue weighted by Gasteiger charge is 2.31. The van der Waals surface area contributed by atoms with Crippen LogP contribution in [-0.2, 0) is 22.6 Å². The van der Waals surface area contributed by atoms with Crippen molar-refractivity contribution in [2.75, 3.05) is 6.61 Å². The van der Waals surface area contributed by atoms with Crippen LogP contribution in [-0.4, -0.2) is 34.7 Å². The number of hydrogen-bond acceptors (Lipinski definition) is 5. The van der Waals surface area contributed by atoms with Crippen molar-refractivity contribution in [2.45, 2.75) is 44.9 Å². The minimum absolute atomic E-state index is 0.00171. The fourth-order valence-corrected chi connectivity index (χ4v) is 3.36. The van der Waals surface area contributed by atoms with Crippen LogP contribution in [0.15, 0.2) is 40.8 Å². The van der Waals surface area contributed by atoms with E-state index in [1.54, 1.807) is 6.07 Å². The number of aliphatic hydroxyl groups is 1. The number of amides is 1. The lowest BCUT2D eigenvalue weighted by molar-refractivity contribution is -0.120.